The Kier molecular flexibility index (Phi) is 4.23. The molecule has 0 aliphatic carbocycles. The molecular formula is C15H17ClN2O3S. The molecule has 0 unspecified atom stereocenters. The van der Waals surface area contributed by atoms with Crippen LogP contribution in [0.25, 0.3) is 0 Å². The van der Waals surface area contributed by atoms with E-state index in [1.165, 1.54) is 0 Å². The number of oxime groups is 1. The van der Waals surface area contributed by atoms with Gasteiger partial charge in [-0.3, -0.25) is 9.00 Å². The van der Waals surface area contributed by atoms with E-state index in [1.54, 1.807) is 17.9 Å². The first kappa shape index (κ1) is 15.5. The highest BCUT2D eigenvalue weighted by Crippen LogP contribution is 2.31. The predicted octanol–water partition coefficient (Wildman–Crippen LogP) is 1.81. The molecule has 1 aromatic carbocycles. The van der Waals surface area contributed by atoms with Crippen LogP contribution in [0, 0.1) is 0 Å². The lowest BCUT2D eigenvalue weighted by atomic mass is 9.94. The Morgan fingerprint density at radius 3 is 2.73 bits per heavy atom. The van der Waals surface area contributed by atoms with Crippen LogP contribution in [0.2, 0.25) is 5.02 Å². The van der Waals surface area contributed by atoms with E-state index in [2.05, 4.69) is 5.16 Å². The van der Waals surface area contributed by atoms with Gasteiger partial charge in [0, 0.05) is 52.4 Å². The van der Waals surface area contributed by atoms with Gasteiger partial charge < -0.3 is 9.74 Å². The molecule has 118 valence electrons. The quantitative estimate of drug-likeness (QED) is 0.825. The summed E-state index contributed by atoms with van der Waals surface area (Å²) >= 11 is 6.18. The summed E-state index contributed by atoms with van der Waals surface area (Å²) in [5.74, 6) is 0.954. The Hall–Kier alpha value is -1.40. The molecule has 1 amide bonds. The monoisotopic (exact) mass is 340 g/mol. The Bertz CT molecular complexity index is 654. The summed E-state index contributed by atoms with van der Waals surface area (Å²) < 4.78 is 11.4. The zero-order valence-electron chi connectivity index (χ0n) is 12.3. The van der Waals surface area contributed by atoms with E-state index in [1.807, 2.05) is 18.2 Å². The van der Waals surface area contributed by atoms with Crippen molar-refractivity contribution in [2.24, 2.45) is 5.16 Å². The summed E-state index contributed by atoms with van der Waals surface area (Å²) in [5.41, 5.74) is 0.468. The first-order valence-corrected chi connectivity index (χ1v) is 9.00. The highest BCUT2D eigenvalue weighted by molar-refractivity contribution is 7.85. The molecule has 2 heterocycles. The Morgan fingerprint density at radius 1 is 1.36 bits per heavy atom. The van der Waals surface area contributed by atoms with Crippen LogP contribution in [-0.2, 0) is 20.4 Å². The zero-order valence-corrected chi connectivity index (χ0v) is 13.8. The molecule has 1 aromatic rings. The molecule has 0 N–H and O–H groups in total. The van der Waals surface area contributed by atoms with Crippen molar-refractivity contribution >= 4 is 34.0 Å². The summed E-state index contributed by atoms with van der Waals surface area (Å²) in [6.07, 6.45) is 0.384. The van der Waals surface area contributed by atoms with Crippen molar-refractivity contribution in [2.75, 3.05) is 24.6 Å². The van der Waals surface area contributed by atoms with Crippen LogP contribution in [0.1, 0.15) is 18.9 Å². The highest BCUT2D eigenvalue weighted by Gasteiger charge is 2.45. The van der Waals surface area contributed by atoms with Crippen LogP contribution in [0.15, 0.2) is 29.4 Å². The molecule has 7 heteroatoms. The lowest BCUT2D eigenvalue weighted by molar-refractivity contribution is -0.152. The minimum Gasteiger partial charge on any atom is -0.379 e. The summed E-state index contributed by atoms with van der Waals surface area (Å²) in [6.45, 7) is 2.76. The Morgan fingerprint density at radius 2 is 2.05 bits per heavy atom. The smallest absolute Gasteiger partial charge is 0.269 e. The van der Waals surface area contributed by atoms with Gasteiger partial charge in [-0.1, -0.05) is 35.0 Å². The van der Waals surface area contributed by atoms with Gasteiger partial charge in [-0.05, 0) is 13.0 Å². The third-order valence-electron chi connectivity index (χ3n) is 3.96. The number of carbonyl (C=O) groups excluding carboxylic acids is 1. The van der Waals surface area contributed by atoms with Crippen LogP contribution >= 0.6 is 11.6 Å². The minimum absolute atomic E-state index is 0.102. The van der Waals surface area contributed by atoms with E-state index >= 15 is 0 Å². The maximum absolute atomic E-state index is 12.7. The number of hydrogen-bond acceptors (Lipinski definition) is 4. The van der Waals surface area contributed by atoms with E-state index in [9.17, 15) is 9.00 Å². The third-order valence-corrected chi connectivity index (χ3v) is 5.57. The standard InChI is InChI=1S/C15H17ClN2O3S/c1-15(14(19)18-6-8-22(20)9-7-18)10-13(17-21-15)11-4-2-3-5-12(11)16/h2-5H,6-10H2,1H3/t15-/m1/s1. The van der Waals surface area contributed by atoms with Crippen molar-refractivity contribution in [3.8, 4) is 0 Å². The summed E-state index contributed by atoms with van der Waals surface area (Å²) in [6, 6.07) is 7.38. The lowest BCUT2D eigenvalue weighted by Crippen LogP contribution is -2.51. The minimum atomic E-state index is -1.01. The van der Waals surface area contributed by atoms with Crippen molar-refractivity contribution in [3.05, 3.63) is 34.9 Å². The zero-order chi connectivity index (χ0) is 15.7. The van der Waals surface area contributed by atoms with Crippen molar-refractivity contribution < 1.29 is 13.8 Å². The first-order chi connectivity index (χ1) is 10.5. The van der Waals surface area contributed by atoms with Crippen LogP contribution < -0.4 is 0 Å². The van der Waals surface area contributed by atoms with Gasteiger partial charge in [0.1, 0.15) is 0 Å². The fraction of sp³-hybridized carbons (Fsp3) is 0.467. The summed E-state index contributed by atoms with van der Waals surface area (Å²) in [4.78, 5) is 19.9. The number of hydrogen-bond donors (Lipinski definition) is 0. The van der Waals surface area contributed by atoms with Crippen LogP contribution in [-0.4, -0.2) is 50.9 Å². The van der Waals surface area contributed by atoms with Crippen molar-refractivity contribution in [3.63, 3.8) is 0 Å². The number of halogens is 1. The SMILES string of the molecule is C[C@]1(C(=O)N2CCS(=O)CC2)CC(c2ccccc2Cl)=NO1. The third kappa shape index (κ3) is 2.90. The van der Waals surface area contributed by atoms with Crippen LogP contribution in [0.4, 0.5) is 0 Å². The molecule has 22 heavy (non-hydrogen) atoms. The van der Waals surface area contributed by atoms with Crippen molar-refractivity contribution in [1.82, 2.24) is 4.90 Å². The van der Waals surface area contributed by atoms with E-state index in [0.29, 0.717) is 41.8 Å². The molecule has 0 aromatic heterocycles. The molecule has 2 aliphatic rings. The molecule has 3 rings (SSSR count). The average molecular weight is 341 g/mol. The average Bonchev–Trinajstić information content (AvgIpc) is 2.91. The second kappa shape index (κ2) is 6.01. The van der Waals surface area contributed by atoms with E-state index < -0.39 is 16.4 Å². The number of nitrogens with zero attached hydrogens (tertiary/aromatic N) is 2. The molecule has 2 aliphatic heterocycles. The van der Waals surface area contributed by atoms with Crippen molar-refractivity contribution in [1.29, 1.82) is 0 Å². The molecule has 1 fully saturated rings. The Labute approximate surface area is 136 Å². The van der Waals surface area contributed by atoms with E-state index in [0.717, 1.165) is 5.56 Å². The molecule has 1 atom stereocenters. The summed E-state index contributed by atoms with van der Waals surface area (Å²) in [7, 11) is -0.813. The van der Waals surface area contributed by atoms with Gasteiger partial charge in [-0.2, -0.15) is 0 Å². The summed E-state index contributed by atoms with van der Waals surface area (Å²) in [5, 5.41) is 4.67. The number of amides is 1. The van der Waals surface area contributed by atoms with Gasteiger partial charge in [0.15, 0.2) is 0 Å². The lowest BCUT2D eigenvalue weighted by Gasteiger charge is -2.32. The molecule has 0 bridgehead atoms. The van der Waals surface area contributed by atoms with Gasteiger partial charge in [0.2, 0.25) is 5.60 Å². The molecule has 5 nitrogen and oxygen atoms in total. The van der Waals surface area contributed by atoms with E-state index in [4.69, 9.17) is 16.4 Å². The molecule has 1 saturated heterocycles. The largest absolute Gasteiger partial charge is 0.379 e. The normalized spacial score (nSPS) is 25.7. The van der Waals surface area contributed by atoms with Crippen LogP contribution in [0.5, 0.6) is 0 Å². The van der Waals surface area contributed by atoms with Gasteiger partial charge in [0.25, 0.3) is 5.91 Å². The first-order valence-electron chi connectivity index (χ1n) is 7.14. The molecular weight excluding hydrogens is 324 g/mol. The topological polar surface area (TPSA) is 59.0 Å². The number of rotatable bonds is 2. The van der Waals surface area contributed by atoms with E-state index in [-0.39, 0.29) is 5.91 Å². The maximum Gasteiger partial charge on any atom is 0.269 e. The Balaban J connectivity index is 1.73. The van der Waals surface area contributed by atoms with Crippen molar-refractivity contribution in [2.45, 2.75) is 18.9 Å². The molecule has 0 saturated carbocycles. The number of carbonyl (C=O) groups is 1. The fourth-order valence-electron chi connectivity index (χ4n) is 2.67. The second-order valence-electron chi connectivity index (χ2n) is 5.66. The number of benzene rings is 1. The molecule has 0 radical (unpaired) electrons. The molecule has 0 spiro atoms. The van der Waals surface area contributed by atoms with Crippen LogP contribution in [0.3, 0.4) is 0 Å². The van der Waals surface area contributed by atoms with Gasteiger partial charge in [0.05, 0.1) is 5.71 Å². The second-order valence-corrected chi connectivity index (χ2v) is 7.76. The predicted molar refractivity (Wildman–Crippen MR) is 86.6 cm³/mol. The maximum atomic E-state index is 12.7. The fourth-order valence-corrected chi connectivity index (χ4v) is 3.97. The van der Waals surface area contributed by atoms with Gasteiger partial charge in [-0.15, -0.1) is 0 Å². The van der Waals surface area contributed by atoms with Gasteiger partial charge in [-0.25, -0.2) is 0 Å². The highest BCUT2D eigenvalue weighted by atomic mass is 35.5. The van der Waals surface area contributed by atoms with Gasteiger partial charge >= 0.3 is 0 Å².